The van der Waals surface area contributed by atoms with Gasteiger partial charge in [0.25, 0.3) is 5.88 Å². The molecular weight excluding hydrogens is 340 g/mol. The molecule has 0 unspecified atom stereocenters. The minimum atomic E-state index is -0.406. The predicted molar refractivity (Wildman–Crippen MR) is 93.7 cm³/mol. The first kappa shape index (κ1) is 19.9. The van der Waals surface area contributed by atoms with E-state index in [1.54, 1.807) is 0 Å². The van der Waals surface area contributed by atoms with Gasteiger partial charge in [-0.05, 0) is 46.7 Å². The molecule has 1 saturated heterocycles. The number of aromatic nitrogens is 2. The smallest absolute Gasteiger partial charge is 0.407 e. The van der Waals surface area contributed by atoms with Crippen molar-refractivity contribution in [2.75, 3.05) is 26.3 Å². The van der Waals surface area contributed by atoms with Gasteiger partial charge in [-0.15, -0.1) is 10.2 Å². The fraction of sp³-hybridized carbons (Fsp3) is 0.647. The molecule has 2 aliphatic heterocycles. The normalized spacial score (nSPS) is 16.7. The maximum Gasteiger partial charge on any atom is 0.407 e. The molecule has 0 atom stereocenters. The van der Waals surface area contributed by atoms with Crippen molar-refractivity contribution < 1.29 is 23.8 Å². The van der Waals surface area contributed by atoms with E-state index < -0.39 is 5.60 Å². The first-order valence-corrected chi connectivity index (χ1v) is 8.66. The van der Waals surface area contributed by atoms with E-state index in [1.807, 2.05) is 20.8 Å². The highest BCUT2D eigenvalue weighted by Gasteiger charge is 2.20. The molecule has 1 amide bonds. The molecule has 1 fully saturated rings. The van der Waals surface area contributed by atoms with Gasteiger partial charge in [0.05, 0.1) is 0 Å². The zero-order valence-electron chi connectivity index (χ0n) is 15.4. The Morgan fingerprint density at radius 2 is 1.96 bits per heavy atom. The third-order valence-corrected chi connectivity index (χ3v) is 3.51. The van der Waals surface area contributed by atoms with Gasteiger partial charge in [-0.3, -0.25) is 4.79 Å². The van der Waals surface area contributed by atoms with Crippen LogP contribution in [0.25, 0.3) is 0 Å². The molecule has 0 spiro atoms. The van der Waals surface area contributed by atoms with Crippen molar-refractivity contribution in [3.63, 3.8) is 0 Å². The number of amides is 1. The number of rotatable bonds is 2. The minimum Gasteiger partial charge on any atom is -0.484 e. The Kier molecular flexibility index (Phi) is 7.14. The molecule has 0 saturated carbocycles. The number of alkyl carbamates (subject to hydrolysis) is 1. The summed E-state index contributed by atoms with van der Waals surface area (Å²) in [7, 11) is 0. The van der Waals surface area contributed by atoms with Crippen LogP contribution in [0.3, 0.4) is 0 Å². The van der Waals surface area contributed by atoms with Gasteiger partial charge in [0.2, 0.25) is 0 Å². The number of fused-ring (bicyclic) bond motifs is 1. The van der Waals surface area contributed by atoms with Gasteiger partial charge >= 0.3 is 6.09 Å². The van der Waals surface area contributed by atoms with Gasteiger partial charge in [0, 0.05) is 12.1 Å². The second-order valence-corrected chi connectivity index (χ2v) is 6.92. The van der Waals surface area contributed by atoms with Crippen LogP contribution < -0.4 is 20.1 Å². The fourth-order valence-corrected chi connectivity index (χ4v) is 2.37. The number of hydrogen-bond donors (Lipinski definition) is 2. The van der Waals surface area contributed by atoms with E-state index >= 15 is 0 Å². The summed E-state index contributed by atoms with van der Waals surface area (Å²) in [6.07, 6.45) is 2.29. The zero-order valence-corrected chi connectivity index (χ0v) is 15.4. The number of carbonyl (C=O) groups excluding carboxylic acids is 2. The summed E-state index contributed by atoms with van der Waals surface area (Å²) in [5.41, 5.74) is -0.156. The molecule has 0 aromatic carbocycles. The van der Waals surface area contributed by atoms with Crippen LogP contribution in [0.4, 0.5) is 4.79 Å². The van der Waals surface area contributed by atoms with E-state index in [0.717, 1.165) is 25.9 Å². The molecule has 9 heteroatoms. The third-order valence-electron chi connectivity index (χ3n) is 3.51. The molecule has 9 nitrogen and oxygen atoms in total. The van der Waals surface area contributed by atoms with Gasteiger partial charge in [-0.1, -0.05) is 0 Å². The SMILES string of the molecule is CC(C)(C)OC(=O)NC1CCNCC1.O=Cc1cc2c(nn1)OCCO2. The highest BCUT2D eigenvalue weighted by molar-refractivity contribution is 5.72. The number of ether oxygens (including phenoxy) is 3. The minimum absolute atomic E-state index is 0.249. The summed E-state index contributed by atoms with van der Waals surface area (Å²) < 4.78 is 15.5. The molecule has 0 aliphatic carbocycles. The average molecular weight is 366 g/mol. The van der Waals surface area contributed by atoms with Gasteiger partial charge in [-0.25, -0.2) is 4.79 Å². The van der Waals surface area contributed by atoms with E-state index in [1.165, 1.54) is 6.07 Å². The standard InChI is InChI=1S/C10H20N2O2.C7H6N2O3/c1-10(2,3)14-9(13)12-8-4-6-11-7-5-8;10-4-5-3-6-7(9-8-5)12-2-1-11-6/h8,11H,4-7H2,1-3H3,(H,12,13);3-4H,1-2H2. The van der Waals surface area contributed by atoms with Crippen molar-refractivity contribution in [3.8, 4) is 11.6 Å². The van der Waals surface area contributed by atoms with Crippen LogP contribution in [-0.4, -0.2) is 60.5 Å². The van der Waals surface area contributed by atoms with Crippen molar-refractivity contribution >= 4 is 12.4 Å². The zero-order chi connectivity index (χ0) is 19.0. The Bertz CT molecular complexity index is 612. The van der Waals surface area contributed by atoms with Gasteiger partial charge in [0.15, 0.2) is 12.0 Å². The monoisotopic (exact) mass is 366 g/mol. The number of hydrogen-bond acceptors (Lipinski definition) is 8. The van der Waals surface area contributed by atoms with Crippen molar-refractivity contribution in [3.05, 3.63) is 11.8 Å². The van der Waals surface area contributed by atoms with E-state index in [2.05, 4.69) is 20.8 Å². The summed E-state index contributed by atoms with van der Waals surface area (Å²) in [6.45, 7) is 8.51. The van der Waals surface area contributed by atoms with Crippen molar-refractivity contribution in [2.24, 2.45) is 0 Å². The van der Waals surface area contributed by atoms with Crippen LogP contribution in [0.15, 0.2) is 6.07 Å². The molecule has 26 heavy (non-hydrogen) atoms. The van der Waals surface area contributed by atoms with Gasteiger partial charge < -0.3 is 24.8 Å². The van der Waals surface area contributed by atoms with Crippen molar-refractivity contribution in [2.45, 2.75) is 45.3 Å². The molecule has 1 aromatic rings. The molecular formula is C17H26N4O5. The second-order valence-electron chi connectivity index (χ2n) is 6.92. The molecule has 2 aliphatic rings. The lowest BCUT2D eigenvalue weighted by molar-refractivity contribution is 0.0495. The van der Waals surface area contributed by atoms with E-state index in [9.17, 15) is 9.59 Å². The Morgan fingerprint density at radius 3 is 2.62 bits per heavy atom. The lowest BCUT2D eigenvalue weighted by atomic mass is 10.1. The van der Waals surface area contributed by atoms with Crippen LogP contribution in [0.5, 0.6) is 11.6 Å². The Balaban J connectivity index is 0.000000189. The number of nitrogens with one attached hydrogen (secondary N) is 2. The predicted octanol–water partition coefficient (Wildman–Crippen LogP) is 1.32. The third kappa shape index (κ3) is 6.83. The summed E-state index contributed by atoms with van der Waals surface area (Å²) in [4.78, 5) is 21.7. The highest BCUT2D eigenvalue weighted by Crippen LogP contribution is 2.26. The Labute approximate surface area is 152 Å². The number of nitrogens with zero attached hydrogens (tertiary/aromatic N) is 2. The number of carbonyl (C=O) groups is 2. The largest absolute Gasteiger partial charge is 0.484 e. The van der Waals surface area contributed by atoms with Crippen molar-refractivity contribution in [1.82, 2.24) is 20.8 Å². The van der Waals surface area contributed by atoms with E-state index in [0.29, 0.717) is 31.1 Å². The maximum absolute atomic E-state index is 11.4. The molecule has 2 N–H and O–H groups in total. The van der Waals surface area contributed by atoms with Crippen LogP contribution in [-0.2, 0) is 4.74 Å². The van der Waals surface area contributed by atoms with Gasteiger partial charge in [0.1, 0.15) is 24.5 Å². The average Bonchev–Trinajstić information content (AvgIpc) is 2.61. The maximum atomic E-state index is 11.4. The quantitative estimate of drug-likeness (QED) is 0.754. The molecule has 1 aromatic heterocycles. The second kappa shape index (κ2) is 9.33. The summed E-state index contributed by atoms with van der Waals surface area (Å²) in [5.74, 6) is 0.838. The molecule has 3 heterocycles. The number of piperidine rings is 1. The first-order chi connectivity index (χ1) is 12.4. The molecule has 0 bridgehead atoms. The van der Waals surface area contributed by atoms with E-state index in [4.69, 9.17) is 14.2 Å². The lowest BCUT2D eigenvalue weighted by Crippen LogP contribution is -2.44. The number of aldehydes is 1. The molecule has 144 valence electrons. The summed E-state index contributed by atoms with van der Waals surface area (Å²) in [5, 5.41) is 13.4. The van der Waals surface area contributed by atoms with Gasteiger partial charge in [-0.2, -0.15) is 0 Å². The van der Waals surface area contributed by atoms with Crippen LogP contribution in [0, 0.1) is 0 Å². The Morgan fingerprint density at radius 1 is 1.27 bits per heavy atom. The van der Waals surface area contributed by atoms with Crippen molar-refractivity contribution in [1.29, 1.82) is 0 Å². The fourth-order valence-electron chi connectivity index (χ4n) is 2.37. The van der Waals surface area contributed by atoms with E-state index in [-0.39, 0.29) is 17.8 Å². The topological polar surface area (TPSA) is 112 Å². The lowest BCUT2D eigenvalue weighted by Gasteiger charge is -2.26. The molecule has 0 radical (unpaired) electrons. The van der Waals surface area contributed by atoms with Crippen LogP contribution in [0.1, 0.15) is 44.1 Å². The molecule has 3 rings (SSSR count). The highest BCUT2D eigenvalue weighted by atomic mass is 16.6. The summed E-state index contributed by atoms with van der Waals surface area (Å²) >= 11 is 0. The Hall–Kier alpha value is -2.42. The van der Waals surface area contributed by atoms with Crippen LogP contribution >= 0.6 is 0 Å². The first-order valence-electron chi connectivity index (χ1n) is 8.66. The summed E-state index contributed by atoms with van der Waals surface area (Å²) in [6, 6.07) is 1.78. The van der Waals surface area contributed by atoms with Crippen LogP contribution in [0.2, 0.25) is 0 Å².